The lowest BCUT2D eigenvalue weighted by Gasteiger charge is -2.13. The van der Waals surface area contributed by atoms with Gasteiger partial charge < -0.3 is 10.2 Å². The number of oxazole rings is 1. The molecular formula is C23H33F3N2O. The average Bonchev–Trinajstić information content (AvgIpc) is 3.09. The van der Waals surface area contributed by atoms with Gasteiger partial charge in [0.25, 0.3) is 0 Å². The SMILES string of the molecule is CC(C)(C)c1coc(-c2ccc(CCCCCCCCCC(F)(F)F)cc2N)n1. The molecule has 2 aromatic rings. The molecule has 0 spiro atoms. The summed E-state index contributed by atoms with van der Waals surface area (Å²) in [5.41, 5.74) is 9.69. The summed E-state index contributed by atoms with van der Waals surface area (Å²) >= 11 is 0. The number of aromatic nitrogens is 1. The predicted molar refractivity (Wildman–Crippen MR) is 112 cm³/mol. The Morgan fingerprint density at radius 2 is 1.55 bits per heavy atom. The van der Waals surface area contributed by atoms with Gasteiger partial charge in [0, 0.05) is 17.5 Å². The molecule has 0 unspecified atom stereocenters. The van der Waals surface area contributed by atoms with Crippen LogP contribution in [0.5, 0.6) is 0 Å². The smallest absolute Gasteiger partial charge is 0.389 e. The van der Waals surface area contributed by atoms with Crippen LogP contribution in [-0.4, -0.2) is 11.2 Å². The number of rotatable bonds is 10. The van der Waals surface area contributed by atoms with Crippen LogP contribution in [-0.2, 0) is 11.8 Å². The fourth-order valence-corrected chi connectivity index (χ4v) is 3.24. The molecule has 0 aliphatic heterocycles. The summed E-state index contributed by atoms with van der Waals surface area (Å²) in [5, 5.41) is 0. The number of benzene rings is 1. The molecule has 0 saturated carbocycles. The van der Waals surface area contributed by atoms with Crippen molar-refractivity contribution in [1.82, 2.24) is 4.98 Å². The van der Waals surface area contributed by atoms with Gasteiger partial charge in [-0.3, -0.25) is 0 Å². The van der Waals surface area contributed by atoms with Gasteiger partial charge in [0.2, 0.25) is 5.89 Å². The van der Waals surface area contributed by atoms with Crippen LogP contribution in [0.3, 0.4) is 0 Å². The second-order valence-corrected chi connectivity index (χ2v) is 8.80. The standard InChI is InChI=1S/C23H33F3N2O/c1-22(2,3)20-16-29-21(28-20)18-13-12-17(15-19(18)27)11-9-7-5-4-6-8-10-14-23(24,25)26/h12-13,15-16H,4-11,14,27H2,1-3H3. The predicted octanol–water partition coefficient (Wildman–Crippen LogP) is 7.45. The van der Waals surface area contributed by atoms with Crippen molar-refractivity contribution in [1.29, 1.82) is 0 Å². The molecule has 6 heteroatoms. The first-order chi connectivity index (χ1) is 13.6. The lowest BCUT2D eigenvalue weighted by atomic mass is 9.93. The third kappa shape index (κ3) is 8.11. The van der Waals surface area contributed by atoms with Gasteiger partial charge in [-0.25, -0.2) is 4.98 Å². The van der Waals surface area contributed by atoms with E-state index in [1.165, 1.54) is 5.56 Å². The van der Waals surface area contributed by atoms with Crippen LogP contribution in [0, 0.1) is 0 Å². The Morgan fingerprint density at radius 1 is 0.931 bits per heavy atom. The maximum Gasteiger partial charge on any atom is 0.389 e. The van der Waals surface area contributed by atoms with Crippen molar-refractivity contribution in [2.24, 2.45) is 0 Å². The lowest BCUT2D eigenvalue weighted by Crippen LogP contribution is -2.11. The normalized spacial score (nSPS) is 12.5. The zero-order valence-electron chi connectivity index (χ0n) is 17.7. The fourth-order valence-electron chi connectivity index (χ4n) is 3.24. The van der Waals surface area contributed by atoms with Crippen molar-refractivity contribution in [2.45, 2.75) is 90.1 Å². The van der Waals surface area contributed by atoms with Gasteiger partial charge in [-0.15, -0.1) is 0 Å². The van der Waals surface area contributed by atoms with Crippen molar-refractivity contribution < 1.29 is 17.6 Å². The number of halogens is 3. The summed E-state index contributed by atoms with van der Waals surface area (Å²) in [5.74, 6) is 0.546. The molecule has 2 N–H and O–H groups in total. The summed E-state index contributed by atoms with van der Waals surface area (Å²) in [6.07, 6.45) is 3.93. The van der Waals surface area contributed by atoms with E-state index in [1.807, 2.05) is 12.1 Å². The quantitative estimate of drug-likeness (QED) is 0.327. The molecule has 162 valence electrons. The molecule has 0 saturated heterocycles. The highest BCUT2D eigenvalue weighted by Crippen LogP contribution is 2.30. The summed E-state index contributed by atoms with van der Waals surface area (Å²) in [6, 6.07) is 6.00. The number of nitrogens with zero attached hydrogens (tertiary/aromatic N) is 1. The Kier molecular flexibility index (Phi) is 8.17. The summed E-state index contributed by atoms with van der Waals surface area (Å²) in [6.45, 7) is 6.26. The van der Waals surface area contributed by atoms with Gasteiger partial charge in [0.05, 0.1) is 11.3 Å². The highest BCUT2D eigenvalue weighted by molar-refractivity contribution is 5.71. The molecule has 0 fully saturated rings. The Morgan fingerprint density at radius 3 is 2.10 bits per heavy atom. The Balaban J connectivity index is 1.71. The Labute approximate surface area is 171 Å². The van der Waals surface area contributed by atoms with Crippen molar-refractivity contribution in [3.63, 3.8) is 0 Å². The van der Waals surface area contributed by atoms with E-state index in [9.17, 15) is 13.2 Å². The molecule has 0 aliphatic carbocycles. The highest BCUT2D eigenvalue weighted by Gasteiger charge is 2.25. The zero-order valence-corrected chi connectivity index (χ0v) is 17.7. The lowest BCUT2D eigenvalue weighted by molar-refractivity contribution is -0.135. The molecule has 0 bridgehead atoms. The Bertz CT molecular complexity index is 760. The first-order valence-corrected chi connectivity index (χ1v) is 10.5. The van der Waals surface area contributed by atoms with E-state index in [-0.39, 0.29) is 11.8 Å². The number of aryl methyl sites for hydroxylation is 1. The third-order valence-corrected chi connectivity index (χ3v) is 5.04. The van der Waals surface area contributed by atoms with Crippen LogP contribution in [0.2, 0.25) is 0 Å². The van der Waals surface area contributed by atoms with Crippen molar-refractivity contribution in [2.75, 3.05) is 5.73 Å². The molecule has 0 radical (unpaired) electrons. The number of unbranched alkanes of at least 4 members (excludes halogenated alkanes) is 6. The monoisotopic (exact) mass is 410 g/mol. The topological polar surface area (TPSA) is 52.0 Å². The van der Waals surface area contributed by atoms with E-state index in [0.29, 0.717) is 18.0 Å². The fraction of sp³-hybridized carbons (Fsp3) is 0.609. The largest absolute Gasteiger partial charge is 0.444 e. The van der Waals surface area contributed by atoms with Crippen molar-refractivity contribution >= 4 is 5.69 Å². The van der Waals surface area contributed by atoms with Gasteiger partial charge in [0.1, 0.15) is 6.26 Å². The summed E-state index contributed by atoms with van der Waals surface area (Å²) in [7, 11) is 0. The van der Waals surface area contributed by atoms with Gasteiger partial charge in [-0.2, -0.15) is 13.2 Å². The van der Waals surface area contributed by atoms with E-state index < -0.39 is 12.6 Å². The van der Waals surface area contributed by atoms with Gasteiger partial charge >= 0.3 is 6.18 Å². The minimum atomic E-state index is -4.01. The number of nitrogens with two attached hydrogens (primary N) is 1. The van der Waals surface area contributed by atoms with Crippen LogP contribution in [0.4, 0.5) is 18.9 Å². The molecular weight excluding hydrogens is 377 g/mol. The van der Waals surface area contributed by atoms with E-state index in [1.54, 1.807) is 6.26 Å². The molecule has 1 aromatic heterocycles. The van der Waals surface area contributed by atoms with E-state index in [0.717, 1.165) is 49.8 Å². The molecule has 1 aromatic carbocycles. The minimum absolute atomic E-state index is 0.0746. The van der Waals surface area contributed by atoms with Gasteiger partial charge in [-0.05, 0) is 37.0 Å². The third-order valence-electron chi connectivity index (χ3n) is 5.04. The maximum atomic E-state index is 12.1. The van der Waals surface area contributed by atoms with Crippen LogP contribution >= 0.6 is 0 Å². The van der Waals surface area contributed by atoms with Crippen LogP contribution in [0.15, 0.2) is 28.9 Å². The number of nitrogen functional groups attached to an aromatic ring is 1. The Hall–Kier alpha value is -1.98. The zero-order chi connectivity index (χ0) is 21.5. The van der Waals surface area contributed by atoms with E-state index in [4.69, 9.17) is 10.2 Å². The first kappa shape index (κ1) is 23.3. The van der Waals surface area contributed by atoms with Gasteiger partial charge in [0.15, 0.2) is 0 Å². The van der Waals surface area contributed by atoms with Crippen molar-refractivity contribution in [3.05, 3.63) is 35.7 Å². The van der Waals surface area contributed by atoms with E-state index >= 15 is 0 Å². The highest BCUT2D eigenvalue weighted by atomic mass is 19.4. The average molecular weight is 411 g/mol. The molecule has 2 rings (SSSR count). The first-order valence-electron chi connectivity index (χ1n) is 10.5. The number of anilines is 1. The molecule has 0 atom stereocenters. The maximum absolute atomic E-state index is 12.1. The van der Waals surface area contributed by atoms with Crippen molar-refractivity contribution in [3.8, 4) is 11.5 Å². The molecule has 1 heterocycles. The van der Waals surface area contributed by atoms with Crippen LogP contribution in [0.1, 0.15) is 83.4 Å². The summed E-state index contributed by atoms with van der Waals surface area (Å²) < 4.78 is 41.8. The summed E-state index contributed by atoms with van der Waals surface area (Å²) in [4.78, 5) is 4.56. The number of hydrogen-bond donors (Lipinski definition) is 1. The van der Waals surface area contributed by atoms with Gasteiger partial charge in [-0.1, -0.05) is 58.9 Å². The molecule has 29 heavy (non-hydrogen) atoms. The number of alkyl halides is 3. The molecule has 0 amide bonds. The van der Waals surface area contributed by atoms with Crippen LogP contribution in [0.25, 0.3) is 11.5 Å². The number of hydrogen-bond acceptors (Lipinski definition) is 3. The molecule has 0 aliphatic rings. The second-order valence-electron chi connectivity index (χ2n) is 8.80. The molecule has 3 nitrogen and oxygen atoms in total. The van der Waals surface area contributed by atoms with E-state index in [2.05, 4.69) is 31.8 Å². The van der Waals surface area contributed by atoms with Crippen LogP contribution < -0.4 is 5.73 Å². The second kappa shape index (κ2) is 10.2. The minimum Gasteiger partial charge on any atom is -0.444 e.